The molecule has 4 unspecified atom stereocenters. The van der Waals surface area contributed by atoms with E-state index in [-0.39, 0.29) is 47.7 Å². The van der Waals surface area contributed by atoms with E-state index in [2.05, 4.69) is 32.2 Å². The fourth-order valence-corrected chi connectivity index (χ4v) is 6.89. The van der Waals surface area contributed by atoms with Crippen molar-refractivity contribution in [1.29, 1.82) is 5.26 Å². The van der Waals surface area contributed by atoms with Crippen LogP contribution in [0.3, 0.4) is 0 Å². The molecule has 3 saturated heterocycles. The lowest BCUT2D eigenvalue weighted by Crippen LogP contribution is -2.60. The quantitative estimate of drug-likeness (QED) is 0.577. The molecule has 1 aliphatic carbocycles. The summed E-state index contributed by atoms with van der Waals surface area (Å²) in [4.78, 5) is 46.0. The Hall–Kier alpha value is -3.19. The van der Waals surface area contributed by atoms with Crippen LogP contribution >= 0.6 is 0 Å². The van der Waals surface area contributed by atoms with Crippen LogP contribution in [0.5, 0.6) is 0 Å². The second-order valence-corrected chi connectivity index (χ2v) is 13.8. The molecule has 216 valence electrons. The Morgan fingerprint density at radius 3 is 2.38 bits per heavy atom. The number of piperazine rings is 1. The van der Waals surface area contributed by atoms with Crippen LogP contribution < -0.4 is 5.32 Å². The van der Waals surface area contributed by atoms with Crippen molar-refractivity contribution in [2.75, 3.05) is 13.1 Å². The molecule has 1 aromatic rings. The van der Waals surface area contributed by atoms with Gasteiger partial charge in [-0.3, -0.25) is 14.5 Å². The van der Waals surface area contributed by atoms with E-state index in [9.17, 15) is 24.0 Å². The van der Waals surface area contributed by atoms with Crippen molar-refractivity contribution in [1.82, 2.24) is 20.0 Å². The fourth-order valence-electron chi connectivity index (χ4n) is 6.89. The molecule has 4 fully saturated rings. The molecule has 3 amide bonds. The second-order valence-electron chi connectivity index (χ2n) is 13.8. The first-order valence-corrected chi connectivity index (χ1v) is 14.2. The van der Waals surface area contributed by atoms with E-state index in [0.29, 0.717) is 25.3 Å². The summed E-state index contributed by atoms with van der Waals surface area (Å²) in [7, 11) is 0. The summed E-state index contributed by atoms with van der Waals surface area (Å²) in [5.41, 5.74) is -0.146. The van der Waals surface area contributed by atoms with Gasteiger partial charge in [0.05, 0.1) is 18.2 Å². The van der Waals surface area contributed by atoms with Gasteiger partial charge < -0.3 is 19.9 Å². The zero-order valence-electron chi connectivity index (χ0n) is 24.2. The van der Waals surface area contributed by atoms with Crippen molar-refractivity contribution in [3.63, 3.8) is 0 Å². The van der Waals surface area contributed by atoms with Crippen LogP contribution in [0.2, 0.25) is 0 Å². The summed E-state index contributed by atoms with van der Waals surface area (Å²) in [6.45, 7) is 12.2. The average molecular weight is 554 g/mol. The largest absolute Gasteiger partial charge is 0.444 e. The molecule has 0 radical (unpaired) electrons. The number of nitrogens with zero attached hydrogens (tertiary/aromatic N) is 4. The predicted molar refractivity (Wildman–Crippen MR) is 145 cm³/mol. The van der Waals surface area contributed by atoms with Gasteiger partial charge in [-0.15, -0.1) is 0 Å². The fraction of sp³-hybridized carbons (Fsp3) is 0.667. The van der Waals surface area contributed by atoms with E-state index in [1.54, 1.807) is 37.8 Å². The molecule has 2 bridgehead atoms. The summed E-state index contributed by atoms with van der Waals surface area (Å²) in [6, 6.07) is 6.44. The van der Waals surface area contributed by atoms with E-state index in [1.165, 1.54) is 12.1 Å². The minimum absolute atomic E-state index is 0.0257. The molecule has 10 heteroatoms. The van der Waals surface area contributed by atoms with Gasteiger partial charge in [-0.05, 0) is 69.1 Å². The van der Waals surface area contributed by atoms with Gasteiger partial charge in [0, 0.05) is 25.2 Å². The number of fused-ring (bicyclic) bond motifs is 3. The van der Waals surface area contributed by atoms with Crippen LogP contribution in [0.4, 0.5) is 9.18 Å². The topological polar surface area (TPSA) is 106 Å². The van der Waals surface area contributed by atoms with Gasteiger partial charge in [0.25, 0.3) is 0 Å². The SMILES string of the molecule is CC(C)(C)OC(=O)NC(CN1C[C@@H]2CC1C(=O)N2C(c1ccc(F)cc1)C(C)(C)C)C(=O)N1C(C#N)C[C@@H]2C[C@@H]21. The normalized spacial score (nSPS) is 29.1. The molecule has 9 nitrogen and oxygen atoms in total. The lowest BCUT2D eigenvalue weighted by Gasteiger charge is -2.45. The molecule has 0 spiro atoms. The van der Waals surface area contributed by atoms with Crippen LogP contribution in [-0.4, -0.2) is 81.5 Å². The Morgan fingerprint density at radius 1 is 1.12 bits per heavy atom. The van der Waals surface area contributed by atoms with Gasteiger partial charge in [-0.2, -0.15) is 5.26 Å². The number of rotatable bonds is 6. The first kappa shape index (κ1) is 28.3. The van der Waals surface area contributed by atoms with Crippen molar-refractivity contribution in [3.05, 3.63) is 35.6 Å². The number of hydrogen-bond acceptors (Lipinski definition) is 6. The molecule has 1 saturated carbocycles. The molecule has 4 aliphatic rings. The van der Waals surface area contributed by atoms with Crippen molar-refractivity contribution in [2.24, 2.45) is 11.3 Å². The summed E-state index contributed by atoms with van der Waals surface area (Å²) in [6.07, 6.45) is 1.45. The van der Waals surface area contributed by atoms with Gasteiger partial charge in [0.1, 0.15) is 23.5 Å². The van der Waals surface area contributed by atoms with Crippen molar-refractivity contribution >= 4 is 17.9 Å². The minimum Gasteiger partial charge on any atom is -0.444 e. The number of halogens is 1. The maximum atomic E-state index is 13.8. The van der Waals surface area contributed by atoms with E-state index < -0.39 is 29.8 Å². The number of likely N-dealkylation sites (tertiary alicyclic amines) is 3. The Bertz CT molecular complexity index is 1220. The van der Waals surface area contributed by atoms with Gasteiger partial charge in [0.2, 0.25) is 11.8 Å². The van der Waals surface area contributed by atoms with E-state index >= 15 is 0 Å². The number of carbonyl (C=O) groups is 3. The lowest BCUT2D eigenvalue weighted by atomic mass is 9.80. The molecular weight excluding hydrogens is 513 g/mol. The Kier molecular flexibility index (Phi) is 7.10. The smallest absolute Gasteiger partial charge is 0.408 e. The average Bonchev–Trinajstić information content (AvgIpc) is 3.17. The highest BCUT2D eigenvalue weighted by molar-refractivity contribution is 5.89. The first-order valence-electron chi connectivity index (χ1n) is 14.2. The number of nitriles is 1. The number of hydrogen-bond donors (Lipinski definition) is 1. The Labute approximate surface area is 235 Å². The molecule has 40 heavy (non-hydrogen) atoms. The predicted octanol–water partition coefficient (Wildman–Crippen LogP) is 3.60. The second kappa shape index (κ2) is 10.0. The third-order valence-corrected chi connectivity index (χ3v) is 8.51. The third kappa shape index (κ3) is 5.40. The van der Waals surface area contributed by atoms with E-state index in [4.69, 9.17) is 4.74 Å². The number of nitrogens with one attached hydrogen (secondary N) is 1. The van der Waals surface area contributed by atoms with E-state index in [1.807, 2.05) is 9.80 Å². The van der Waals surface area contributed by atoms with Crippen molar-refractivity contribution in [3.8, 4) is 6.07 Å². The summed E-state index contributed by atoms with van der Waals surface area (Å²) in [5.74, 6) is -0.302. The molecule has 3 aliphatic heterocycles. The van der Waals surface area contributed by atoms with Crippen molar-refractivity contribution in [2.45, 2.75) is 103 Å². The monoisotopic (exact) mass is 553 g/mol. The van der Waals surface area contributed by atoms with Crippen LogP contribution in [0.1, 0.15) is 72.4 Å². The highest BCUT2D eigenvalue weighted by atomic mass is 19.1. The Morgan fingerprint density at radius 2 is 1.80 bits per heavy atom. The number of amides is 3. The van der Waals surface area contributed by atoms with Crippen LogP contribution in [0, 0.1) is 28.5 Å². The van der Waals surface area contributed by atoms with Gasteiger partial charge in [0.15, 0.2) is 0 Å². The standard InChI is InChI=1S/C30H40FN5O4/c1-29(2,3)25(17-7-9-19(31)10-8-17)36-21-13-24(27(36)38)34(15-21)16-22(33-28(39)40-30(4,5)6)26(37)35-20(14-32)11-18-12-23(18)35/h7-10,18,20-25H,11-13,15-16H2,1-6H3,(H,33,39)/t18-,20?,21+,22?,23+,24?,25?/m1/s1. The molecule has 1 N–H and O–H groups in total. The summed E-state index contributed by atoms with van der Waals surface area (Å²) < 4.78 is 19.1. The molecule has 0 aromatic heterocycles. The van der Waals surface area contributed by atoms with Gasteiger partial charge in [-0.1, -0.05) is 32.9 Å². The molecule has 1 aromatic carbocycles. The number of ether oxygens (including phenoxy) is 1. The highest BCUT2D eigenvalue weighted by Crippen LogP contribution is 2.48. The first-order chi connectivity index (χ1) is 18.7. The third-order valence-electron chi connectivity index (χ3n) is 8.51. The summed E-state index contributed by atoms with van der Waals surface area (Å²) >= 11 is 0. The number of carbonyl (C=O) groups excluding carboxylic acids is 3. The number of alkyl carbamates (subject to hydrolysis) is 1. The Balaban J connectivity index is 1.35. The molecule has 3 heterocycles. The zero-order chi connectivity index (χ0) is 29.1. The molecule has 5 rings (SSSR count). The minimum atomic E-state index is -0.943. The van der Waals surface area contributed by atoms with Crippen LogP contribution in [0.25, 0.3) is 0 Å². The number of benzene rings is 1. The van der Waals surface area contributed by atoms with E-state index in [0.717, 1.165) is 12.0 Å². The van der Waals surface area contributed by atoms with Gasteiger partial charge >= 0.3 is 6.09 Å². The number of piperidine rings is 1. The molecular formula is C30H40FN5O4. The summed E-state index contributed by atoms with van der Waals surface area (Å²) in [5, 5.41) is 12.4. The highest BCUT2D eigenvalue weighted by Gasteiger charge is 2.57. The zero-order valence-corrected chi connectivity index (χ0v) is 24.2. The maximum Gasteiger partial charge on any atom is 0.408 e. The van der Waals surface area contributed by atoms with Crippen LogP contribution in [-0.2, 0) is 14.3 Å². The lowest BCUT2D eigenvalue weighted by molar-refractivity contribution is -0.144. The molecule has 7 atom stereocenters. The maximum absolute atomic E-state index is 13.8. The van der Waals surface area contributed by atoms with Gasteiger partial charge in [-0.25, -0.2) is 9.18 Å². The van der Waals surface area contributed by atoms with Crippen molar-refractivity contribution < 1.29 is 23.5 Å². The van der Waals surface area contributed by atoms with Crippen LogP contribution in [0.15, 0.2) is 24.3 Å².